The minimum Gasteiger partial charge on any atom is -0.483 e. The Hall–Kier alpha value is -3.14. The lowest BCUT2D eigenvalue weighted by molar-refractivity contribution is 0.244. The lowest BCUT2D eigenvalue weighted by Gasteiger charge is -2.12. The largest absolute Gasteiger partial charge is 0.483 e. The normalized spacial score (nSPS) is 12.5. The highest BCUT2D eigenvalue weighted by atomic mass is 16.5. The number of rotatable bonds is 7. The lowest BCUT2D eigenvalue weighted by atomic mass is 10.2. The van der Waals surface area contributed by atoms with Crippen LogP contribution in [-0.4, -0.2) is 10.2 Å². The second-order valence-electron chi connectivity index (χ2n) is 6.29. The van der Waals surface area contributed by atoms with Gasteiger partial charge in [-0.2, -0.15) is 0 Å². The van der Waals surface area contributed by atoms with Crippen LogP contribution in [0.2, 0.25) is 0 Å². The van der Waals surface area contributed by atoms with Gasteiger partial charge in [0, 0.05) is 6.07 Å². The standard InChI is InChI=1S/C22H20N2O2/c1-3-7-18(8-4-1)15-25-21-14-20(13-17-11-12-17)23-24-22(21)26-16-19-9-5-2-6-10-19/h1-10,13-14H,11-12,15-16H2. The van der Waals surface area contributed by atoms with Crippen molar-refractivity contribution in [2.45, 2.75) is 26.1 Å². The smallest absolute Gasteiger partial charge is 0.276 e. The van der Waals surface area contributed by atoms with Crippen LogP contribution in [0.25, 0.3) is 6.08 Å². The van der Waals surface area contributed by atoms with E-state index < -0.39 is 0 Å². The lowest BCUT2D eigenvalue weighted by Crippen LogP contribution is -2.04. The number of ether oxygens (including phenoxy) is 2. The summed E-state index contributed by atoms with van der Waals surface area (Å²) in [6.07, 6.45) is 4.37. The SMILES string of the molecule is C(=C1CC1)c1cc(OCc2ccccc2)c(OCc2ccccc2)nn1. The van der Waals surface area contributed by atoms with Crippen LogP contribution in [0, 0.1) is 0 Å². The molecule has 0 N–H and O–H groups in total. The third-order valence-corrected chi connectivity index (χ3v) is 4.09. The molecule has 1 aliphatic carbocycles. The highest BCUT2D eigenvalue weighted by Gasteiger charge is 2.14. The van der Waals surface area contributed by atoms with E-state index in [0.29, 0.717) is 24.8 Å². The van der Waals surface area contributed by atoms with E-state index in [2.05, 4.69) is 16.3 Å². The Kier molecular flexibility index (Phi) is 4.92. The summed E-state index contributed by atoms with van der Waals surface area (Å²) < 4.78 is 11.9. The van der Waals surface area contributed by atoms with Crippen LogP contribution in [0.3, 0.4) is 0 Å². The van der Waals surface area contributed by atoms with Crippen molar-refractivity contribution in [3.8, 4) is 11.6 Å². The van der Waals surface area contributed by atoms with Gasteiger partial charge in [0.15, 0.2) is 5.75 Å². The van der Waals surface area contributed by atoms with Gasteiger partial charge in [0.25, 0.3) is 5.88 Å². The van der Waals surface area contributed by atoms with E-state index in [4.69, 9.17) is 9.47 Å². The molecule has 0 spiro atoms. The number of hydrogen-bond acceptors (Lipinski definition) is 4. The van der Waals surface area contributed by atoms with Crippen LogP contribution in [0.1, 0.15) is 29.7 Å². The Balaban J connectivity index is 1.52. The molecule has 26 heavy (non-hydrogen) atoms. The average Bonchev–Trinajstić information content (AvgIpc) is 3.51. The number of benzene rings is 2. The van der Waals surface area contributed by atoms with Crippen LogP contribution in [0.5, 0.6) is 11.6 Å². The molecule has 0 amide bonds. The minimum atomic E-state index is 0.419. The third-order valence-electron chi connectivity index (χ3n) is 4.09. The fourth-order valence-electron chi connectivity index (χ4n) is 2.54. The summed E-state index contributed by atoms with van der Waals surface area (Å²) in [5.74, 6) is 1.04. The Labute approximate surface area is 153 Å². The number of allylic oxidation sites excluding steroid dienone is 1. The van der Waals surface area contributed by atoms with E-state index in [1.165, 1.54) is 5.57 Å². The molecule has 1 aliphatic rings. The van der Waals surface area contributed by atoms with Gasteiger partial charge in [0.1, 0.15) is 13.2 Å². The quantitative estimate of drug-likeness (QED) is 0.617. The maximum atomic E-state index is 6.00. The van der Waals surface area contributed by atoms with Crippen LogP contribution in [-0.2, 0) is 13.2 Å². The molecule has 1 fully saturated rings. The molecular weight excluding hydrogens is 324 g/mol. The van der Waals surface area contributed by atoms with Crippen LogP contribution in [0.15, 0.2) is 72.3 Å². The first-order chi connectivity index (χ1) is 12.9. The molecular formula is C22H20N2O2. The first kappa shape index (κ1) is 16.3. The molecule has 0 radical (unpaired) electrons. The predicted octanol–water partition coefficient (Wildman–Crippen LogP) is 4.81. The van der Waals surface area contributed by atoms with Crippen molar-refractivity contribution in [1.29, 1.82) is 0 Å². The van der Waals surface area contributed by atoms with Gasteiger partial charge in [-0.1, -0.05) is 66.2 Å². The predicted molar refractivity (Wildman–Crippen MR) is 101 cm³/mol. The third kappa shape index (κ3) is 4.48. The van der Waals surface area contributed by atoms with E-state index in [0.717, 1.165) is 29.7 Å². The maximum Gasteiger partial charge on any atom is 0.276 e. The zero-order chi connectivity index (χ0) is 17.6. The summed E-state index contributed by atoms with van der Waals surface area (Å²) in [5.41, 5.74) is 4.38. The molecule has 4 heteroatoms. The molecule has 1 heterocycles. The topological polar surface area (TPSA) is 44.2 Å². The molecule has 4 nitrogen and oxygen atoms in total. The fourth-order valence-corrected chi connectivity index (χ4v) is 2.54. The molecule has 1 saturated carbocycles. The van der Waals surface area contributed by atoms with E-state index in [-0.39, 0.29) is 0 Å². The van der Waals surface area contributed by atoms with Crippen LogP contribution < -0.4 is 9.47 Å². The zero-order valence-electron chi connectivity index (χ0n) is 14.5. The maximum absolute atomic E-state index is 6.00. The highest BCUT2D eigenvalue weighted by molar-refractivity contribution is 5.55. The monoisotopic (exact) mass is 344 g/mol. The Morgan fingerprint density at radius 3 is 2.00 bits per heavy atom. The first-order valence-electron chi connectivity index (χ1n) is 8.77. The van der Waals surface area contributed by atoms with Gasteiger partial charge in [-0.25, -0.2) is 0 Å². The van der Waals surface area contributed by atoms with Crippen molar-refractivity contribution in [3.63, 3.8) is 0 Å². The van der Waals surface area contributed by atoms with Crippen molar-refractivity contribution in [3.05, 3.63) is 89.1 Å². The first-order valence-corrected chi connectivity index (χ1v) is 8.77. The van der Waals surface area contributed by atoms with E-state index in [1.807, 2.05) is 66.7 Å². The molecule has 3 aromatic rings. The molecule has 2 aromatic carbocycles. The Morgan fingerprint density at radius 2 is 1.38 bits per heavy atom. The summed E-state index contributed by atoms with van der Waals surface area (Å²) in [6, 6.07) is 22.0. The molecule has 0 saturated heterocycles. The average molecular weight is 344 g/mol. The van der Waals surface area contributed by atoms with Gasteiger partial charge in [-0.3, -0.25) is 0 Å². The van der Waals surface area contributed by atoms with Gasteiger partial charge in [0.2, 0.25) is 0 Å². The summed E-state index contributed by atoms with van der Waals surface area (Å²) in [7, 11) is 0. The number of hydrogen-bond donors (Lipinski definition) is 0. The molecule has 130 valence electrons. The highest BCUT2D eigenvalue weighted by Crippen LogP contribution is 2.32. The summed E-state index contributed by atoms with van der Waals surface area (Å²) >= 11 is 0. The number of nitrogens with zero attached hydrogens (tertiary/aromatic N) is 2. The van der Waals surface area contributed by atoms with Crippen molar-refractivity contribution in [2.75, 3.05) is 0 Å². The van der Waals surface area contributed by atoms with Gasteiger partial charge in [-0.05, 0) is 30.0 Å². The van der Waals surface area contributed by atoms with Crippen molar-refractivity contribution in [2.24, 2.45) is 0 Å². The molecule has 0 atom stereocenters. The second-order valence-corrected chi connectivity index (χ2v) is 6.29. The molecule has 0 bridgehead atoms. The van der Waals surface area contributed by atoms with E-state index >= 15 is 0 Å². The van der Waals surface area contributed by atoms with Crippen LogP contribution in [0.4, 0.5) is 0 Å². The summed E-state index contributed by atoms with van der Waals surface area (Å²) in [5, 5.41) is 8.50. The minimum absolute atomic E-state index is 0.419. The van der Waals surface area contributed by atoms with Gasteiger partial charge in [-0.15, -0.1) is 10.2 Å². The molecule has 0 aliphatic heterocycles. The summed E-state index contributed by atoms with van der Waals surface area (Å²) in [4.78, 5) is 0. The van der Waals surface area contributed by atoms with Crippen molar-refractivity contribution < 1.29 is 9.47 Å². The Bertz CT molecular complexity index is 887. The zero-order valence-corrected chi connectivity index (χ0v) is 14.5. The fraction of sp³-hybridized carbons (Fsp3) is 0.182. The van der Waals surface area contributed by atoms with Crippen molar-refractivity contribution in [1.82, 2.24) is 10.2 Å². The molecule has 0 unspecified atom stereocenters. The second kappa shape index (κ2) is 7.83. The van der Waals surface area contributed by atoms with Crippen LogP contribution >= 0.6 is 0 Å². The molecule has 1 aromatic heterocycles. The summed E-state index contributed by atoms with van der Waals surface area (Å²) in [6.45, 7) is 0.891. The van der Waals surface area contributed by atoms with Gasteiger partial charge < -0.3 is 9.47 Å². The van der Waals surface area contributed by atoms with E-state index in [1.54, 1.807) is 0 Å². The Morgan fingerprint density at radius 1 is 0.769 bits per heavy atom. The number of aromatic nitrogens is 2. The van der Waals surface area contributed by atoms with E-state index in [9.17, 15) is 0 Å². The van der Waals surface area contributed by atoms with Gasteiger partial charge >= 0.3 is 0 Å². The van der Waals surface area contributed by atoms with Crippen molar-refractivity contribution >= 4 is 6.08 Å². The van der Waals surface area contributed by atoms with Gasteiger partial charge in [0.05, 0.1) is 5.69 Å². The molecule has 4 rings (SSSR count).